The minimum atomic E-state index is -0.314. The van der Waals surface area contributed by atoms with Gasteiger partial charge in [0.25, 0.3) is 0 Å². The van der Waals surface area contributed by atoms with Gasteiger partial charge < -0.3 is 20.3 Å². The van der Waals surface area contributed by atoms with Crippen LogP contribution < -0.4 is 15.4 Å². The Morgan fingerprint density at radius 2 is 1.89 bits per heavy atom. The molecule has 6 heteroatoms. The van der Waals surface area contributed by atoms with Crippen molar-refractivity contribution in [2.75, 3.05) is 18.5 Å². The number of ether oxygens (including phenoxy) is 1. The Balaban J connectivity index is 1.54. The molecule has 1 fully saturated rings. The highest BCUT2D eigenvalue weighted by molar-refractivity contribution is 5.90. The molecule has 1 aliphatic rings. The number of hydrogen-bond acceptors (Lipinski definition) is 3. The lowest BCUT2D eigenvalue weighted by molar-refractivity contribution is -0.129. The second-order valence-electron chi connectivity index (χ2n) is 6.59. The molecule has 3 rings (SSSR count). The molecular formula is C21H25N3O3. The van der Waals surface area contributed by atoms with Crippen LogP contribution in [0.2, 0.25) is 0 Å². The van der Waals surface area contributed by atoms with Gasteiger partial charge in [-0.05, 0) is 43.7 Å². The van der Waals surface area contributed by atoms with E-state index in [1.54, 1.807) is 12.1 Å². The fourth-order valence-corrected chi connectivity index (χ4v) is 3.27. The first kappa shape index (κ1) is 18.8. The molecule has 1 heterocycles. The number of benzene rings is 2. The Kier molecular flexibility index (Phi) is 5.96. The van der Waals surface area contributed by atoms with E-state index in [9.17, 15) is 9.59 Å². The van der Waals surface area contributed by atoms with Crippen LogP contribution >= 0.6 is 0 Å². The molecule has 27 heavy (non-hydrogen) atoms. The van der Waals surface area contributed by atoms with E-state index < -0.39 is 0 Å². The van der Waals surface area contributed by atoms with Crippen LogP contribution in [0.3, 0.4) is 0 Å². The van der Waals surface area contributed by atoms with Crippen molar-refractivity contribution in [2.45, 2.75) is 32.4 Å². The molecule has 1 saturated heterocycles. The molecular weight excluding hydrogens is 342 g/mol. The van der Waals surface area contributed by atoms with Crippen molar-refractivity contribution in [1.82, 2.24) is 10.2 Å². The highest BCUT2D eigenvalue weighted by Crippen LogP contribution is 2.25. The van der Waals surface area contributed by atoms with Crippen LogP contribution in [0.25, 0.3) is 0 Å². The van der Waals surface area contributed by atoms with Gasteiger partial charge in [-0.2, -0.15) is 0 Å². The highest BCUT2D eigenvalue weighted by Gasteiger charge is 2.33. The molecule has 2 unspecified atom stereocenters. The van der Waals surface area contributed by atoms with Crippen LogP contribution in [-0.4, -0.2) is 36.0 Å². The number of nitrogens with zero attached hydrogens (tertiary/aromatic N) is 1. The lowest BCUT2D eigenvalue weighted by Crippen LogP contribution is -2.40. The maximum absolute atomic E-state index is 12.4. The first-order valence-corrected chi connectivity index (χ1v) is 9.21. The quantitative estimate of drug-likeness (QED) is 0.820. The first-order chi connectivity index (χ1) is 13.1. The molecule has 0 bridgehead atoms. The Morgan fingerprint density at radius 1 is 1.19 bits per heavy atom. The molecule has 3 amide bonds. The smallest absolute Gasteiger partial charge is 0.319 e. The summed E-state index contributed by atoms with van der Waals surface area (Å²) in [6.45, 7) is 5.03. The first-order valence-electron chi connectivity index (χ1n) is 9.21. The molecule has 0 aliphatic carbocycles. The minimum absolute atomic E-state index is 0.0142. The van der Waals surface area contributed by atoms with Crippen LogP contribution in [0.15, 0.2) is 54.6 Å². The molecule has 6 nitrogen and oxygen atoms in total. The molecule has 0 spiro atoms. The summed E-state index contributed by atoms with van der Waals surface area (Å²) in [6, 6.07) is 16.6. The summed E-state index contributed by atoms with van der Waals surface area (Å²) in [5, 5.41) is 5.68. The van der Waals surface area contributed by atoms with E-state index in [0.717, 1.165) is 11.3 Å². The normalized spacial score (nSPS) is 17.5. The van der Waals surface area contributed by atoms with Gasteiger partial charge in [-0.25, -0.2) is 4.79 Å². The topological polar surface area (TPSA) is 70.7 Å². The summed E-state index contributed by atoms with van der Waals surface area (Å²) < 4.78 is 5.38. The molecule has 2 aromatic carbocycles. The average molecular weight is 367 g/mol. The number of hydrogen-bond donors (Lipinski definition) is 2. The van der Waals surface area contributed by atoms with Crippen molar-refractivity contribution in [3.8, 4) is 5.75 Å². The molecule has 0 radical (unpaired) electrons. The van der Waals surface area contributed by atoms with Crippen molar-refractivity contribution in [1.29, 1.82) is 0 Å². The van der Waals surface area contributed by atoms with E-state index in [0.29, 0.717) is 25.3 Å². The van der Waals surface area contributed by atoms with E-state index in [1.165, 1.54) is 0 Å². The summed E-state index contributed by atoms with van der Waals surface area (Å²) in [6.07, 6.45) is 0.313. The van der Waals surface area contributed by atoms with Crippen molar-refractivity contribution in [3.63, 3.8) is 0 Å². The maximum atomic E-state index is 12.4. The number of nitrogens with one attached hydrogen (secondary N) is 2. The van der Waals surface area contributed by atoms with Gasteiger partial charge >= 0.3 is 6.03 Å². The van der Waals surface area contributed by atoms with Gasteiger partial charge in [-0.1, -0.05) is 30.3 Å². The zero-order valence-electron chi connectivity index (χ0n) is 15.6. The van der Waals surface area contributed by atoms with Crippen LogP contribution in [0, 0.1) is 0 Å². The third kappa shape index (κ3) is 4.78. The molecule has 0 saturated carbocycles. The van der Waals surface area contributed by atoms with E-state index >= 15 is 0 Å². The lowest BCUT2D eigenvalue weighted by atomic mass is 10.1. The third-order valence-electron chi connectivity index (χ3n) is 4.67. The number of anilines is 1. The summed E-state index contributed by atoms with van der Waals surface area (Å²) in [5.41, 5.74) is 1.76. The Morgan fingerprint density at radius 3 is 2.56 bits per heavy atom. The van der Waals surface area contributed by atoms with Crippen LogP contribution in [0.4, 0.5) is 10.5 Å². The Labute approximate surface area is 159 Å². The molecule has 1 aliphatic heterocycles. The third-order valence-corrected chi connectivity index (χ3v) is 4.67. The van der Waals surface area contributed by atoms with Gasteiger partial charge in [0.15, 0.2) is 0 Å². The van der Waals surface area contributed by atoms with E-state index in [1.807, 2.05) is 61.2 Å². The second-order valence-corrected chi connectivity index (χ2v) is 6.59. The van der Waals surface area contributed by atoms with Crippen LogP contribution in [0.5, 0.6) is 5.75 Å². The van der Waals surface area contributed by atoms with E-state index in [-0.39, 0.29) is 24.0 Å². The number of urea groups is 1. The Hall–Kier alpha value is -3.02. The summed E-state index contributed by atoms with van der Waals surface area (Å²) in [4.78, 5) is 26.4. The van der Waals surface area contributed by atoms with Crippen molar-refractivity contribution in [3.05, 3.63) is 60.2 Å². The zero-order chi connectivity index (χ0) is 19.2. The van der Waals surface area contributed by atoms with Gasteiger partial charge in [0.1, 0.15) is 5.75 Å². The summed E-state index contributed by atoms with van der Waals surface area (Å²) in [7, 11) is 0. The van der Waals surface area contributed by atoms with Crippen LogP contribution in [-0.2, 0) is 4.79 Å². The number of likely N-dealkylation sites (tertiary alicyclic amines) is 1. The van der Waals surface area contributed by atoms with Crippen molar-refractivity contribution < 1.29 is 14.3 Å². The predicted molar refractivity (Wildman–Crippen MR) is 105 cm³/mol. The fourth-order valence-electron chi connectivity index (χ4n) is 3.27. The van der Waals surface area contributed by atoms with Gasteiger partial charge in [0.2, 0.25) is 5.91 Å². The zero-order valence-corrected chi connectivity index (χ0v) is 15.6. The van der Waals surface area contributed by atoms with Gasteiger partial charge in [0.05, 0.1) is 18.7 Å². The maximum Gasteiger partial charge on any atom is 0.319 e. The molecule has 2 N–H and O–H groups in total. The van der Waals surface area contributed by atoms with Gasteiger partial charge in [0, 0.05) is 18.7 Å². The van der Waals surface area contributed by atoms with Gasteiger partial charge in [-0.3, -0.25) is 4.79 Å². The molecule has 0 aromatic heterocycles. The highest BCUT2D eigenvalue weighted by atomic mass is 16.5. The Bertz CT molecular complexity index is 777. The van der Waals surface area contributed by atoms with Crippen molar-refractivity contribution >= 4 is 17.6 Å². The number of rotatable bonds is 6. The fraction of sp³-hybridized carbons (Fsp3) is 0.333. The summed E-state index contributed by atoms with van der Waals surface area (Å²) in [5.74, 6) is 0.813. The van der Waals surface area contributed by atoms with E-state index in [4.69, 9.17) is 4.74 Å². The monoisotopic (exact) mass is 367 g/mol. The number of carbonyl (C=O) groups excluding carboxylic acids is 2. The standard InChI is InChI=1S/C21H25N3O3/c1-3-27-19-11-9-17(10-12-19)22-21(26)23-18-13-20(25)24(14-18)15(2)16-7-5-4-6-8-16/h4-12,15,18H,3,13-14H2,1-2H3,(H2,22,23,26). The average Bonchev–Trinajstić information content (AvgIpc) is 3.03. The molecule has 2 aromatic rings. The minimum Gasteiger partial charge on any atom is -0.494 e. The molecule has 142 valence electrons. The molecule has 2 atom stereocenters. The predicted octanol–water partition coefficient (Wildman–Crippen LogP) is 3.57. The van der Waals surface area contributed by atoms with E-state index in [2.05, 4.69) is 10.6 Å². The SMILES string of the molecule is CCOc1ccc(NC(=O)NC2CC(=O)N(C(C)c3ccccc3)C2)cc1. The second kappa shape index (κ2) is 8.58. The number of carbonyl (C=O) groups is 2. The number of amides is 3. The largest absolute Gasteiger partial charge is 0.494 e. The summed E-state index contributed by atoms with van der Waals surface area (Å²) >= 11 is 0. The van der Waals surface area contributed by atoms with Gasteiger partial charge in [-0.15, -0.1) is 0 Å². The lowest BCUT2D eigenvalue weighted by Gasteiger charge is -2.25. The van der Waals surface area contributed by atoms with Crippen LogP contribution in [0.1, 0.15) is 31.9 Å². The van der Waals surface area contributed by atoms with Crippen molar-refractivity contribution in [2.24, 2.45) is 0 Å².